The largest absolute Gasteiger partial charge is 0.489 e. The first-order chi connectivity index (χ1) is 16.3. The summed E-state index contributed by atoms with van der Waals surface area (Å²) in [4.78, 5) is 33.4. The standard InChI is InChI=1S/C24H32F2N4O4/c25-24(26)15-18(24)21(31)34-23(22(27)32)6-1-16(2-7-23)4-9-29-10-12-30(13-11-29)20-19-17(3-8-28-20)5-14-33-19/h3,8,16,18H,1-2,4-7,9-15H2,(H2,27,32). The summed E-state index contributed by atoms with van der Waals surface area (Å²) in [6, 6.07) is 2.03. The maximum atomic E-state index is 13.2. The van der Waals surface area contributed by atoms with Gasteiger partial charge in [-0.3, -0.25) is 14.5 Å². The molecule has 34 heavy (non-hydrogen) atoms. The molecular weight excluding hydrogens is 446 g/mol. The molecular formula is C24H32F2N4O4. The lowest BCUT2D eigenvalue weighted by Crippen LogP contribution is -2.51. The summed E-state index contributed by atoms with van der Waals surface area (Å²) in [6.07, 6.45) is 5.25. The Hall–Kier alpha value is -2.49. The molecule has 1 aromatic rings. The number of amides is 1. The Bertz CT molecular complexity index is 943. The molecule has 3 heterocycles. The van der Waals surface area contributed by atoms with Gasteiger partial charge in [-0.15, -0.1) is 0 Å². The smallest absolute Gasteiger partial charge is 0.316 e. The molecule has 0 radical (unpaired) electrons. The van der Waals surface area contributed by atoms with E-state index >= 15 is 0 Å². The second kappa shape index (κ2) is 8.94. The number of alkyl halides is 2. The van der Waals surface area contributed by atoms with E-state index in [1.54, 1.807) is 0 Å². The first-order valence-electron chi connectivity index (χ1n) is 12.3. The van der Waals surface area contributed by atoms with Gasteiger partial charge in [-0.2, -0.15) is 0 Å². The van der Waals surface area contributed by atoms with Crippen molar-refractivity contribution in [2.75, 3.05) is 44.2 Å². The second-order valence-corrected chi connectivity index (χ2v) is 10.1. The van der Waals surface area contributed by atoms with E-state index in [1.807, 2.05) is 12.3 Å². The van der Waals surface area contributed by atoms with Crippen molar-refractivity contribution in [3.63, 3.8) is 0 Å². The lowest BCUT2D eigenvalue weighted by Gasteiger charge is -2.39. The number of hydrogen-bond donors (Lipinski definition) is 1. The molecule has 2 aliphatic heterocycles. The highest BCUT2D eigenvalue weighted by atomic mass is 19.3. The number of nitrogens with two attached hydrogens (primary N) is 1. The zero-order valence-electron chi connectivity index (χ0n) is 19.3. The number of hydrogen-bond acceptors (Lipinski definition) is 7. The van der Waals surface area contributed by atoms with Crippen molar-refractivity contribution in [2.24, 2.45) is 17.6 Å². The van der Waals surface area contributed by atoms with Crippen LogP contribution in [0.5, 0.6) is 5.75 Å². The minimum atomic E-state index is -3.01. The zero-order valence-corrected chi connectivity index (χ0v) is 19.3. The van der Waals surface area contributed by atoms with Crippen LogP contribution in [0.15, 0.2) is 12.3 Å². The number of piperazine rings is 1. The Balaban J connectivity index is 1.07. The number of rotatable bonds is 7. The van der Waals surface area contributed by atoms with Crippen LogP contribution in [-0.2, 0) is 20.7 Å². The third-order valence-corrected chi connectivity index (χ3v) is 7.88. The number of halogens is 2. The fourth-order valence-corrected chi connectivity index (χ4v) is 5.43. The van der Waals surface area contributed by atoms with Gasteiger partial charge in [-0.05, 0) is 50.6 Å². The van der Waals surface area contributed by atoms with E-state index in [2.05, 4.69) is 14.8 Å². The van der Waals surface area contributed by atoms with Gasteiger partial charge >= 0.3 is 5.97 Å². The highest BCUT2D eigenvalue weighted by Gasteiger charge is 2.63. The van der Waals surface area contributed by atoms with Gasteiger partial charge in [-0.1, -0.05) is 0 Å². The van der Waals surface area contributed by atoms with Crippen molar-refractivity contribution in [1.29, 1.82) is 0 Å². The molecule has 186 valence electrons. The van der Waals surface area contributed by atoms with Crippen molar-refractivity contribution < 1.29 is 27.8 Å². The van der Waals surface area contributed by atoms with Gasteiger partial charge in [0, 0.05) is 50.8 Å². The van der Waals surface area contributed by atoms with E-state index in [0.29, 0.717) is 31.6 Å². The number of carbonyl (C=O) groups excluding carboxylic acids is 2. The number of primary amides is 1. The number of carbonyl (C=O) groups is 2. The van der Waals surface area contributed by atoms with Gasteiger partial charge in [0.15, 0.2) is 17.2 Å². The highest BCUT2D eigenvalue weighted by Crippen LogP contribution is 2.50. The van der Waals surface area contributed by atoms with E-state index in [0.717, 1.165) is 63.7 Å². The van der Waals surface area contributed by atoms with E-state index in [1.165, 1.54) is 5.56 Å². The molecule has 0 aromatic carbocycles. The summed E-state index contributed by atoms with van der Waals surface area (Å²) >= 11 is 0. The first kappa shape index (κ1) is 23.3. The fraction of sp³-hybridized carbons (Fsp3) is 0.708. The van der Waals surface area contributed by atoms with Crippen LogP contribution in [0.4, 0.5) is 14.6 Å². The molecule has 4 aliphatic rings. The average molecular weight is 479 g/mol. The van der Waals surface area contributed by atoms with E-state index < -0.39 is 35.7 Å². The average Bonchev–Trinajstić information content (AvgIpc) is 3.23. The minimum Gasteiger partial charge on any atom is -0.489 e. The Kier molecular flexibility index (Phi) is 6.12. The maximum absolute atomic E-state index is 13.2. The molecule has 1 aromatic heterocycles. The minimum absolute atomic E-state index is 0.301. The molecule has 1 saturated heterocycles. The predicted octanol–water partition coefficient (Wildman–Crippen LogP) is 2.14. The number of fused-ring (bicyclic) bond motifs is 1. The molecule has 10 heteroatoms. The molecule has 5 rings (SSSR count). The molecule has 3 fully saturated rings. The Labute approximate surface area is 197 Å². The van der Waals surface area contributed by atoms with Crippen LogP contribution in [0.3, 0.4) is 0 Å². The van der Waals surface area contributed by atoms with Gasteiger partial charge in [-0.25, -0.2) is 13.8 Å². The highest BCUT2D eigenvalue weighted by molar-refractivity contribution is 5.88. The lowest BCUT2D eigenvalue weighted by molar-refractivity contribution is -0.175. The summed E-state index contributed by atoms with van der Waals surface area (Å²) in [5.74, 6) is -3.91. The number of ether oxygens (including phenoxy) is 2. The first-order valence-corrected chi connectivity index (χ1v) is 12.3. The van der Waals surface area contributed by atoms with Crippen molar-refractivity contribution in [2.45, 2.75) is 56.5 Å². The van der Waals surface area contributed by atoms with Crippen molar-refractivity contribution in [3.8, 4) is 5.75 Å². The van der Waals surface area contributed by atoms with Crippen LogP contribution in [0.25, 0.3) is 0 Å². The van der Waals surface area contributed by atoms with E-state index in [9.17, 15) is 18.4 Å². The molecule has 2 aliphatic carbocycles. The fourth-order valence-electron chi connectivity index (χ4n) is 5.43. The quantitative estimate of drug-likeness (QED) is 0.600. The zero-order chi connectivity index (χ0) is 23.9. The van der Waals surface area contributed by atoms with Crippen molar-refractivity contribution in [3.05, 3.63) is 17.8 Å². The molecule has 1 unspecified atom stereocenters. The number of nitrogens with zero attached hydrogens (tertiary/aromatic N) is 3. The molecule has 0 spiro atoms. The molecule has 2 N–H and O–H groups in total. The van der Waals surface area contributed by atoms with Crippen LogP contribution in [0, 0.1) is 11.8 Å². The van der Waals surface area contributed by atoms with Crippen LogP contribution in [0.1, 0.15) is 44.1 Å². The molecule has 8 nitrogen and oxygen atoms in total. The number of pyridine rings is 1. The predicted molar refractivity (Wildman–Crippen MR) is 120 cm³/mol. The Morgan fingerprint density at radius 3 is 2.56 bits per heavy atom. The number of aromatic nitrogens is 1. The van der Waals surface area contributed by atoms with Crippen LogP contribution >= 0.6 is 0 Å². The van der Waals surface area contributed by atoms with Crippen LogP contribution in [-0.4, -0.2) is 72.6 Å². The summed E-state index contributed by atoms with van der Waals surface area (Å²) in [6.45, 7) is 5.34. The summed E-state index contributed by atoms with van der Waals surface area (Å²) in [5, 5.41) is 0. The normalized spacial score (nSPS) is 30.4. The summed E-state index contributed by atoms with van der Waals surface area (Å²) in [5.41, 5.74) is 5.33. The Morgan fingerprint density at radius 2 is 1.91 bits per heavy atom. The van der Waals surface area contributed by atoms with Gasteiger partial charge in [0.25, 0.3) is 11.8 Å². The van der Waals surface area contributed by atoms with E-state index in [4.69, 9.17) is 15.2 Å². The van der Waals surface area contributed by atoms with Crippen molar-refractivity contribution in [1.82, 2.24) is 9.88 Å². The maximum Gasteiger partial charge on any atom is 0.316 e. The Morgan fingerprint density at radius 1 is 1.21 bits per heavy atom. The molecule has 0 bridgehead atoms. The topological polar surface area (TPSA) is 98.0 Å². The molecule has 2 saturated carbocycles. The second-order valence-electron chi connectivity index (χ2n) is 10.1. The number of anilines is 1. The lowest BCUT2D eigenvalue weighted by atomic mass is 9.77. The van der Waals surface area contributed by atoms with E-state index in [-0.39, 0.29) is 0 Å². The van der Waals surface area contributed by atoms with Crippen LogP contribution < -0.4 is 15.4 Å². The van der Waals surface area contributed by atoms with Gasteiger partial charge in [0.2, 0.25) is 0 Å². The van der Waals surface area contributed by atoms with Crippen molar-refractivity contribution >= 4 is 17.7 Å². The van der Waals surface area contributed by atoms with Gasteiger partial charge < -0.3 is 20.1 Å². The monoisotopic (exact) mass is 478 g/mol. The third kappa shape index (κ3) is 4.56. The van der Waals surface area contributed by atoms with Crippen LogP contribution in [0.2, 0.25) is 0 Å². The SMILES string of the molecule is NC(=O)C1(OC(=O)C2CC2(F)F)CCC(CCN2CCN(c3nccc4c3OCC4)CC2)CC1. The summed E-state index contributed by atoms with van der Waals surface area (Å²) < 4.78 is 37.5. The summed E-state index contributed by atoms with van der Waals surface area (Å²) in [7, 11) is 0. The molecule has 1 atom stereocenters. The van der Waals surface area contributed by atoms with Gasteiger partial charge in [0.05, 0.1) is 6.61 Å². The number of esters is 1. The molecule has 1 amide bonds. The third-order valence-electron chi connectivity index (χ3n) is 7.88. The van der Waals surface area contributed by atoms with Gasteiger partial charge in [0.1, 0.15) is 5.92 Å².